The highest BCUT2D eigenvalue weighted by Gasteiger charge is 2.19. The molecule has 0 spiro atoms. The molecule has 0 bridgehead atoms. The molecule has 0 aliphatic carbocycles. The maximum absolute atomic E-state index is 12.8. The second-order valence-corrected chi connectivity index (χ2v) is 7.58. The third kappa shape index (κ3) is 4.71. The van der Waals surface area contributed by atoms with E-state index in [0.717, 1.165) is 5.56 Å². The van der Waals surface area contributed by atoms with Gasteiger partial charge in [-0.1, -0.05) is 48.0 Å². The molecule has 23 heavy (non-hydrogen) atoms. The molecule has 2 aromatic carbocycles. The molecule has 0 radical (unpaired) electrons. The van der Waals surface area contributed by atoms with Crippen LogP contribution in [0.2, 0.25) is 5.02 Å². The lowest BCUT2D eigenvalue weighted by Crippen LogP contribution is -2.09. The third-order valence-electron chi connectivity index (χ3n) is 3.06. The van der Waals surface area contributed by atoms with Gasteiger partial charge in [0.25, 0.3) is 0 Å². The highest BCUT2D eigenvalue weighted by Crippen LogP contribution is 2.23. The standard InChI is InChI=1S/C18H18ClNO2S/c1-20(2)14-18(11-8-15-6-4-3-5-7-15)23(21,22)17-12-9-16(19)10-13-17/h3-14H,1-2H3. The molecule has 0 saturated heterocycles. The van der Waals surface area contributed by atoms with E-state index in [1.165, 1.54) is 12.1 Å². The van der Waals surface area contributed by atoms with E-state index in [2.05, 4.69) is 0 Å². The van der Waals surface area contributed by atoms with Crippen molar-refractivity contribution in [3.8, 4) is 0 Å². The first kappa shape index (κ1) is 17.3. The highest BCUT2D eigenvalue weighted by atomic mass is 35.5. The van der Waals surface area contributed by atoms with Crippen molar-refractivity contribution in [3.05, 3.63) is 82.4 Å². The first-order chi connectivity index (χ1) is 10.9. The lowest BCUT2D eigenvalue weighted by Gasteiger charge is -2.10. The second kappa shape index (κ2) is 7.49. The molecular weight excluding hydrogens is 330 g/mol. The van der Waals surface area contributed by atoms with E-state index in [0.29, 0.717) is 5.02 Å². The first-order valence-corrected chi connectivity index (χ1v) is 8.88. The predicted molar refractivity (Wildman–Crippen MR) is 95.9 cm³/mol. The van der Waals surface area contributed by atoms with Crippen LogP contribution < -0.4 is 0 Å². The van der Waals surface area contributed by atoms with Crippen molar-refractivity contribution >= 4 is 27.5 Å². The van der Waals surface area contributed by atoms with Gasteiger partial charge < -0.3 is 4.90 Å². The van der Waals surface area contributed by atoms with Crippen LogP contribution in [0.5, 0.6) is 0 Å². The van der Waals surface area contributed by atoms with Gasteiger partial charge in [0.15, 0.2) is 0 Å². The number of allylic oxidation sites excluding steroid dienone is 1. The summed E-state index contributed by atoms with van der Waals surface area (Å²) >= 11 is 5.84. The second-order valence-electron chi connectivity index (χ2n) is 5.20. The van der Waals surface area contributed by atoms with Crippen LogP contribution in [-0.4, -0.2) is 27.4 Å². The summed E-state index contributed by atoms with van der Waals surface area (Å²) in [6.07, 6.45) is 4.98. The van der Waals surface area contributed by atoms with Crippen LogP contribution in [-0.2, 0) is 9.84 Å². The fraction of sp³-hybridized carbons (Fsp3) is 0.111. The van der Waals surface area contributed by atoms with Gasteiger partial charge in [-0.15, -0.1) is 0 Å². The first-order valence-electron chi connectivity index (χ1n) is 7.01. The van der Waals surface area contributed by atoms with E-state index in [9.17, 15) is 8.42 Å². The van der Waals surface area contributed by atoms with E-state index < -0.39 is 9.84 Å². The van der Waals surface area contributed by atoms with Crippen molar-refractivity contribution in [1.29, 1.82) is 0 Å². The molecule has 2 aromatic rings. The number of hydrogen-bond acceptors (Lipinski definition) is 3. The summed E-state index contributed by atoms with van der Waals surface area (Å²) in [5.74, 6) is 0. The molecule has 0 aliphatic heterocycles. The Kier molecular flexibility index (Phi) is 5.64. The molecule has 0 saturated carbocycles. The largest absolute Gasteiger partial charge is 0.382 e. The van der Waals surface area contributed by atoms with Crippen molar-refractivity contribution in [2.45, 2.75) is 4.90 Å². The summed E-state index contributed by atoms with van der Waals surface area (Å²) in [5, 5.41) is 0.502. The average Bonchev–Trinajstić information content (AvgIpc) is 2.52. The normalized spacial score (nSPS) is 12.6. The van der Waals surface area contributed by atoms with Crippen LogP contribution in [0.25, 0.3) is 6.08 Å². The molecule has 0 amide bonds. The van der Waals surface area contributed by atoms with Crippen molar-refractivity contribution in [1.82, 2.24) is 4.90 Å². The lowest BCUT2D eigenvalue weighted by molar-refractivity contribution is 0.559. The van der Waals surface area contributed by atoms with Crippen LogP contribution in [0, 0.1) is 0 Å². The van der Waals surface area contributed by atoms with Gasteiger partial charge in [0.1, 0.15) is 0 Å². The maximum atomic E-state index is 12.8. The van der Waals surface area contributed by atoms with Crippen molar-refractivity contribution in [2.24, 2.45) is 0 Å². The van der Waals surface area contributed by atoms with Crippen LogP contribution in [0.3, 0.4) is 0 Å². The molecule has 0 heterocycles. The molecule has 0 atom stereocenters. The molecule has 0 fully saturated rings. The van der Waals surface area contributed by atoms with Gasteiger partial charge in [-0.25, -0.2) is 8.42 Å². The van der Waals surface area contributed by atoms with Crippen molar-refractivity contribution in [3.63, 3.8) is 0 Å². The molecule has 0 N–H and O–H groups in total. The minimum Gasteiger partial charge on any atom is -0.382 e. The zero-order chi connectivity index (χ0) is 16.9. The number of hydrogen-bond donors (Lipinski definition) is 0. The summed E-state index contributed by atoms with van der Waals surface area (Å²) in [7, 11) is -0.0381. The van der Waals surface area contributed by atoms with E-state index in [-0.39, 0.29) is 9.80 Å². The van der Waals surface area contributed by atoms with E-state index in [4.69, 9.17) is 11.6 Å². The minimum absolute atomic E-state index is 0.215. The van der Waals surface area contributed by atoms with Crippen LogP contribution >= 0.6 is 11.6 Å². The topological polar surface area (TPSA) is 37.4 Å². The van der Waals surface area contributed by atoms with E-state index >= 15 is 0 Å². The Hall–Kier alpha value is -2.04. The van der Waals surface area contributed by atoms with Crippen LogP contribution in [0.4, 0.5) is 0 Å². The Morgan fingerprint density at radius 1 is 1.00 bits per heavy atom. The molecule has 2 rings (SSSR count). The molecule has 120 valence electrons. The number of rotatable bonds is 5. The summed E-state index contributed by atoms with van der Waals surface area (Å²) in [5.41, 5.74) is 0.934. The molecule has 0 aromatic heterocycles. The van der Waals surface area contributed by atoms with Crippen LogP contribution in [0.1, 0.15) is 5.56 Å². The Morgan fingerprint density at radius 3 is 2.17 bits per heavy atom. The highest BCUT2D eigenvalue weighted by molar-refractivity contribution is 7.95. The fourth-order valence-corrected chi connectivity index (χ4v) is 3.44. The summed E-state index contributed by atoms with van der Waals surface area (Å²) < 4.78 is 25.6. The maximum Gasteiger partial charge on any atom is 0.208 e. The summed E-state index contributed by atoms with van der Waals surface area (Å²) in [6, 6.07) is 15.7. The molecular formula is C18H18ClNO2S. The zero-order valence-corrected chi connectivity index (χ0v) is 14.6. The van der Waals surface area contributed by atoms with Gasteiger partial charge in [0.2, 0.25) is 9.84 Å². The minimum atomic E-state index is -3.61. The predicted octanol–water partition coefficient (Wildman–Crippen LogP) is 4.23. The van der Waals surface area contributed by atoms with Gasteiger partial charge in [-0.3, -0.25) is 0 Å². The number of nitrogens with zero attached hydrogens (tertiary/aromatic N) is 1. The summed E-state index contributed by atoms with van der Waals surface area (Å²) in [4.78, 5) is 2.14. The number of benzene rings is 2. The lowest BCUT2D eigenvalue weighted by atomic mass is 10.2. The van der Waals surface area contributed by atoms with Crippen molar-refractivity contribution in [2.75, 3.05) is 14.1 Å². The third-order valence-corrected chi connectivity index (χ3v) is 5.07. The number of sulfone groups is 1. The monoisotopic (exact) mass is 347 g/mol. The van der Waals surface area contributed by atoms with Gasteiger partial charge in [0.05, 0.1) is 9.80 Å². The van der Waals surface area contributed by atoms with Gasteiger partial charge in [0, 0.05) is 25.3 Å². The summed E-state index contributed by atoms with van der Waals surface area (Å²) in [6.45, 7) is 0. The molecule has 0 unspecified atom stereocenters. The van der Waals surface area contributed by atoms with Crippen LogP contribution in [0.15, 0.2) is 76.7 Å². The Morgan fingerprint density at radius 2 is 1.61 bits per heavy atom. The smallest absolute Gasteiger partial charge is 0.208 e. The number of halogens is 1. The van der Waals surface area contributed by atoms with Crippen molar-refractivity contribution < 1.29 is 8.42 Å². The van der Waals surface area contributed by atoms with Gasteiger partial charge >= 0.3 is 0 Å². The molecule has 3 nitrogen and oxygen atoms in total. The van der Waals surface area contributed by atoms with E-state index in [1.54, 1.807) is 49.5 Å². The zero-order valence-electron chi connectivity index (χ0n) is 13.0. The molecule has 5 heteroatoms. The SMILES string of the molecule is CN(C)C=C(C=Cc1ccccc1)S(=O)(=O)c1ccc(Cl)cc1. The van der Waals surface area contributed by atoms with E-state index in [1.807, 2.05) is 30.3 Å². The fourth-order valence-electron chi connectivity index (χ4n) is 1.95. The van der Waals surface area contributed by atoms with Gasteiger partial charge in [-0.05, 0) is 35.9 Å². The Balaban J connectivity index is 2.42. The molecule has 0 aliphatic rings. The quantitative estimate of drug-likeness (QED) is 0.759. The Labute approximate surface area is 142 Å². The average molecular weight is 348 g/mol. The van der Waals surface area contributed by atoms with Gasteiger partial charge in [-0.2, -0.15) is 0 Å². The Bertz CT molecular complexity index is 808.